The highest BCUT2D eigenvalue weighted by molar-refractivity contribution is 9.10. The molecule has 112 valence electrons. The van der Waals surface area contributed by atoms with Crippen molar-refractivity contribution in [2.45, 2.75) is 6.42 Å². The van der Waals surface area contributed by atoms with Crippen LogP contribution < -0.4 is 10.6 Å². The number of halogens is 3. The Kier molecular flexibility index (Phi) is 7.84. The maximum absolute atomic E-state index is 12.0. The fourth-order valence-electron chi connectivity index (χ4n) is 2.04. The largest absolute Gasteiger partial charge is 0.324 e. The van der Waals surface area contributed by atoms with Crippen LogP contribution in [-0.4, -0.2) is 43.5 Å². The van der Waals surface area contributed by atoms with Gasteiger partial charge >= 0.3 is 0 Å². The van der Waals surface area contributed by atoms with Crippen LogP contribution in [-0.2, 0) is 4.79 Å². The minimum Gasteiger partial charge on any atom is -0.324 e. The number of carbonyl (C=O) groups excluding carboxylic acids is 1. The summed E-state index contributed by atoms with van der Waals surface area (Å²) in [6.07, 6.45) is 1.08. The summed E-state index contributed by atoms with van der Waals surface area (Å²) in [7, 11) is 0. The molecular weight excluding hydrogens is 365 g/mol. The molecule has 20 heavy (non-hydrogen) atoms. The molecule has 0 unspecified atom stereocenters. The van der Waals surface area contributed by atoms with Crippen molar-refractivity contribution in [2.75, 3.05) is 38.0 Å². The second kappa shape index (κ2) is 8.85. The van der Waals surface area contributed by atoms with E-state index in [0.29, 0.717) is 17.3 Å². The summed E-state index contributed by atoms with van der Waals surface area (Å²) in [5, 5.41) is 6.71. The predicted octanol–water partition coefficient (Wildman–Crippen LogP) is 2.76. The van der Waals surface area contributed by atoms with Crippen LogP contribution >= 0.6 is 39.9 Å². The summed E-state index contributed by atoms with van der Waals surface area (Å²) in [4.78, 5) is 14.1. The van der Waals surface area contributed by atoms with Crippen molar-refractivity contribution in [1.29, 1.82) is 0 Å². The lowest BCUT2D eigenvalue weighted by Gasteiger charge is -2.18. The highest BCUT2D eigenvalue weighted by Crippen LogP contribution is 2.25. The second-order valence-corrected chi connectivity index (χ2v) is 5.87. The van der Waals surface area contributed by atoms with E-state index in [4.69, 9.17) is 11.6 Å². The molecule has 0 bridgehead atoms. The molecule has 1 aromatic carbocycles. The number of nitrogens with zero attached hydrogens (tertiary/aromatic N) is 1. The molecule has 0 atom stereocenters. The van der Waals surface area contributed by atoms with E-state index in [-0.39, 0.29) is 18.3 Å². The van der Waals surface area contributed by atoms with Crippen LogP contribution in [0.25, 0.3) is 0 Å². The Bertz CT molecular complexity index is 451. The molecule has 7 heteroatoms. The average molecular weight is 383 g/mol. The van der Waals surface area contributed by atoms with E-state index in [9.17, 15) is 4.79 Å². The molecular formula is C13H18BrCl2N3O. The van der Waals surface area contributed by atoms with Crippen molar-refractivity contribution in [3.05, 3.63) is 27.7 Å². The smallest absolute Gasteiger partial charge is 0.238 e. The van der Waals surface area contributed by atoms with Gasteiger partial charge in [-0.1, -0.05) is 27.5 Å². The minimum absolute atomic E-state index is 0. The van der Waals surface area contributed by atoms with E-state index in [1.807, 2.05) is 6.07 Å². The number of hydrogen-bond acceptors (Lipinski definition) is 3. The van der Waals surface area contributed by atoms with E-state index in [1.54, 1.807) is 12.1 Å². The normalized spacial score (nSPS) is 16.1. The summed E-state index contributed by atoms with van der Waals surface area (Å²) < 4.78 is 0.897. The molecule has 1 heterocycles. The Morgan fingerprint density at radius 1 is 1.40 bits per heavy atom. The summed E-state index contributed by atoms with van der Waals surface area (Å²) in [5.41, 5.74) is 0.655. The predicted molar refractivity (Wildman–Crippen MR) is 89.0 cm³/mol. The van der Waals surface area contributed by atoms with Gasteiger partial charge in [-0.15, -0.1) is 12.4 Å². The van der Waals surface area contributed by atoms with Gasteiger partial charge in [-0.2, -0.15) is 0 Å². The van der Waals surface area contributed by atoms with Crippen LogP contribution in [0.1, 0.15) is 6.42 Å². The second-order valence-electron chi connectivity index (χ2n) is 4.55. The summed E-state index contributed by atoms with van der Waals surface area (Å²) in [5.74, 6) is -0.0221. The topological polar surface area (TPSA) is 44.4 Å². The minimum atomic E-state index is -0.0221. The highest BCUT2D eigenvalue weighted by Gasteiger charge is 2.13. The molecule has 1 saturated heterocycles. The van der Waals surface area contributed by atoms with Gasteiger partial charge in [0.15, 0.2) is 0 Å². The molecule has 4 nitrogen and oxygen atoms in total. The average Bonchev–Trinajstić information content (AvgIpc) is 2.61. The fourth-order valence-corrected chi connectivity index (χ4v) is 2.76. The first-order valence-electron chi connectivity index (χ1n) is 6.33. The van der Waals surface area contributed by atoms with Crippen LogP contribution in [0.5, 0.6) is 0 Å². The van der Waals surface area contributed by atoms with E-state index in [1.165, 1.54) is 0 Å². The lowest BCUT2D eigenvalue weighted by atomic mass is 10.3. The molecule has 1 aliphatic heterocycles. The number of anilines is 1. The first-order chi connectivity index (χ1) is 9.15. The van der Waals surface area contributed by atoms with Gasteiger partial charge in [0.25, 0.3) is 0 Å². The molecule has 0 aliphatic carbocycles. The van der Waals surface area contributed by atoms with Gasteiger partial charge in [-0.25, -0.2) is 0 Å². The molecule has 1 aliphatic rings. The Balaban J connectivity index is 0.00000200. The number of amides is 1. The SMILES string of the molecule is Cl.O=C(CN1CCCNCC1)Nc1ccc(Br)cc1Cl. The summed E-state index contributed by atoms with van der Waals surface area (Å²) in [6, 6.07) is 5.43. The molecule has 0 radical (unpaired) electrons. The Hall–Kier alpha value is -0.330. The zero-order chi connectivity index (χ0) is 13.7. The molecule has 2 rings (SSSR count). The van der Waals surface area contributed by atoms with Crippen LogP contribution in [0.4, 0.5) is 5.69 Å². The van der Waals surface area contributed by atoms with Gasteiger partial charge in [0.1, 0.15) is 0 Å². The molecule has 1 fully saturated rings. The van der Waals surface area contributed by atoms with Gasteiger partial charge in [0.05, 0.1) is 17.3 Å². The lowest BCUT2D eigenvalue weighted by molar-refractivity contribution is -0.117. The van der Waals surface area contributed by atoms with Crippen molar-refractivity contribution in [3.63, 3.8) is 0 Å². The monoisotopic (exact) mass is 381 g/mol. The Labute approximate surface area is 138 Å². The zero-order valence-corrected chi connectivity index (χ0v) is 14.2. The van der Waals surface area contributed by atoms with Crippen LogP contribution in [0.15, 0.2) is 22.7 Å². The van der Waals surface area contributed by atoms with Gasteiger partial charge in [0, 0.05) is 17.6 Å². The summed E-state index contributed by atoms with van der Waals surface area (Å²) in [6.45, 7) is 4.23. The van der Waals surface area contributed by atoms with Crippen molar-refractivity contribution >= 4 is 51.5 Å². The third-order valence-electron chi connectivity index (χ3n) is 3.01. The Morgan fingerprint density at radius 3 is 2.95 bits per heavy atom. The zero-order valence-electron chi connectivity index (χ0n) is 11.0. The van der Waals surface area contributed by atoms with Gasteiger partial charge in [-0.3, -0.25) is 9.69 Å². The van der Waals surface area contributed by atoms with Crippen LogP contribution in [0.3, 0.4) is 0 Å². The van der Waals surface area contributed by atoms with Crippen molar-refractivity contribution < 1.29 is 4.79 Å². The van der Waals surface area contributed by atoms with Crippen LogP contribution in [0, 0.1) is 0 Å². The molecule has 2 N–H and O–H groups in total. The number of rotatable bonds is 3. The number of benzene rings is 1. The van der Waals surface area contributed by atoms with Crippen molar-refractivity contribution in [1.82, 2.24) is 10.2 Å². The van der Waals surface area contributed by atoms with Gasteiger partial charge in [-0.05, 0) is 37.7 Å². The van der Waals surface area contributed by atoms with E-state index < -0.39 is 0 Å². The molecule has 0 saturated carbocycles. The maximum atomic E-state index is 12.0. The third-order valence-corrected chi connectivity index (χ3v) is 3.81. The highest BCUT2D eigenvalue weighted by atomic mass is 79.9. The molecule has 1 amide bonds. The quantitative estimate of drug-likeness (QED) is 0.844. The third kappa shape index (κ3) is 5.58. The maximum Gasteiger partial charge on any atom is 0.238 e. The van der Waals surface area contributed by atoms with E-state index >= 15 is 0 Å². The van der Waals surface area contributed by atoms with E-state index in [2.05, 4.69) is 31.5 Å². The van der Waals surface area contributed by atoms with Crippen LogP contribution in [0.2, 0.25) is 5.02 Å². The standard InChI is InChI=1S/C13H17BrClN3O.ClH/c14-10-2-3-12(11(15)8-10)17-13(19)9-18-6-1-4-16-5-7-18;/h2-3,8,16H,1,4-7,9H2,(H,17,19);1H. The van der Waals surface area contributed by atoms with Gasteiger partial charge < -0.3 is 10.6 Å². The number of carbonyl (C=O) groups is 1. The fraction of sp³-hybridized carbons (Fsp3) is 0.462. The molecule has 0 aromatic heterocycles. The van der Waals surface area contributed by atoms with Crippen molar-refractivity contribution in [2.24, 2.45) is 0 Å². The Morgan fingerprint density at radius 2 is 2.20 bits per heavy atom. The molecule has 0 spiro atoms. The number of hydrogen-bond donors (Lipinski definition) is 2. The first-order valence-corrected chi connectivity index (χ1v) is 7.50. The number of nitrogens with one attached hydrogen (secondary N) is 2. The van der Waals surface area contributed by atoms with E-state index in [0.717, 1.165) is 37.1 Å². The summed E-state index contributed by atoms with van der Waals surface area (Å²) >= 11 is 9.41. The first kappa shape index (κ1) is 17.7. The van der Waals surface area contributed by atoms with Crippen molar-refractivity contribution in [3.8, 4) is 0 Å². The molecule has 1 aromatic rings. The lowest BCUT2D eigenvalue weighted by Crippen LogP contribution is -2.35. The van der Waals surface area contributed by atoms with Gasteiger partial charge in [0.2, 0.25) is 5.91 Å².